The lowest BCUT2D eigenvalue weighted by Gasteiger charge is -2.24. The summed E-state index contributed by atoms with van der Waals surface area (Å²) in [6.45, 7) is 0.488. The van der Waals surface area contributed by atoms with E-state index in [9.17, 15) is 8.42 Å². The number of nitrogen functional groups attached to an aromatic ring is 1. The molecule has 1 aromatic carbocycles. The maximum atomic E-state index is 12.9. The Hall–Kier alpha value is -2.08. The Morgan fingerprint density at radius 1 is 1.14 bits per heavy atom. The largest absolute Gasteiger partial charge is 0.384 e. The third-order valence-corrected chi connectivity index (χ3v) is 5.47. The predicted molar refractivity (Wildman–Crippen MR) is 82.6 cm³/mol. The van der Waals surface area contributed by atoms with E-state index in [0.717, 1.165) is 30.5 Å². The number of benzene rings is 1. The second kappa shape index (κ2) is 5.37. The van der Waals surface area contributed by atoms with Crippen LogP contribution in [0.4, 0.5) is 11.5 Å². The van der Waals surface area contributed by atoms with Crippen molar-refractivity contribution in [1.29, 1.82) is 0 Å². The van der Waals surface area contributed by atoms with Crippen LogP contribution in [0, 0.1) is 0 Å². The van der Waals surface area contributed by atoms with Gasteiger partial charge in [0.1, 0.15) is 5.82 Å². The first-order valence-electron chi connectivity index (χ1n) is 6.91. The van der Waals surface area contributed by atoms with Gasteiger partial charge in [-0.1, -0.05) is 18.2 Å². The highest BCUT2D eigenvalue weighted by molar-refractivity contribution is 7.92. The minimum Gasteiger partial charge on any atom is -0.384 e. The quantitative estimate of drug-likeness (QED) is 0.922. The molecule has 0 fully saturated rings. The van der Waals surface area contributed by atoms with Crippen molar-refractivity contribution in [2.45, 2.75) is 24.2 Å². The lowest BCUT2D eigenvalue weighted by atomic mass is 10.1. The number of aryl methyl sites for hydroxylation is 1. The molecular weight excluding hydrogens is 286 g/mol. The van der Waals surface area contributed by atoms with Crippen LogP contribution in [0.1, 0.15) is 18.4 Å². The van der Waals surface area contributed by atoms with Crippen molar-refractivity contribution in [2.24, 2.45) is 0 Å². The molecule has 0 amide bonds. The SMILES string of the molecule is Nc1cc(S(=O)(=O)N2CCCCc3ccccc32)ccn1. The third kappa shape index (κ3) is 2.58. The number of anilines is 2. The van der Waals surface area contributed by atoms with E-state index in [4.69, 9.17) is 5.73 Å². The summed E-state index contributed by atoms with van der Waals surface area (Å²) < 4.78 is 27.3. The molecule has 5 nitrogen and oxygen atoms in total. The topological polar surface area (TPSA) is 76.3 Å². The Kier molecular flexibility index (Phi) is 3.55. The van der Waals surface area contributed by atoms with Gasteiger partial charge in [0.2, 0.25) is 0 Å². The monoisotopic (exact) mass is 303 g/mol. The van der Waals surface area contributed by atoms with Crippen molar-refractivity contribution < 1.29 is 8.42 Å². The summed E-state index contributed by atoms with van der Waals surface area (Å²) >= 11 is 0. The molecule has 2 N–H and O–H groups in total. The summed E-state index contributed by atoms with van der Waals surface area (Å²) in [6, 6.07) is 10.6. The van der Waals surface area contributed by atoms with Crippen molar-refractivity contribution in [3.63, 3.8) is 0 Å². The molecule has 6 heteroatoms. The van der Waals surface area contributed by atoms with Crippen LogP contribution in [-0.2, 0) is 16.4 Å². The van der Waals surface area contributed by atoms with Crippen molar-refractivity contribution >= 4 is 21.5 Å². The number of fused-ring (bicyclic) bond motifs is 1. The highest BCUT2D eigenvalue weighted by Gasteiger charge is 2.27. The highest BCUT2D eigenvalue weighted by atomic mass is 32.2. The number of nitrogens with zero attached hydrogens (tertiary/aromatic N) is 2. The number of hydrogen-bond acceptors (Lipinski definition) is 4. The normalized spacial score (nSPS) is 15.3. The van der Waals surface area contributed by atoms with E-state index in [1.807, 2.05) is 24.3 Å². The zero-order valence-corrected chi connectivity index (χ0v) is 12.4. The molecule has 0 spiro atoms. The molecule has 2 aromatic rings. The summed E-state index contributed by atoms with van der Waals surface area (Å²) in [5.74, 6) is 0.208. The Morgan fingerprint density at radius 3 is 2.76 bits per heavy atom. The lowest BCUT2D eigenvalue weighted by molar-refractivity contribution is 0.589. The molecule has 21 heavy (non-hydrogen) atoms. The smallest absolute Gasteiger partial charge is 0.264 e. The Bertz CT molecular complexity index is 759. The van der Waals surface area contributed by atoms with E-state index < -0.39 is 10.0 Å². The molecule has 0 saturated heterocycles. The van der Waals surface area contributed by atoms with E-state index >= 15 is 0 Å². The van der Waals surface area contributed by atoms with E-state index in [2.05, 4.69) is 4.98 Å². The average Bonchev–Trinajstić information content (AvgIpc) is 2.70. The van der Waals surface area contributed by atoms with Crippen LogP contribution in [0.15, 0.2) is 47.5 Å². The minimum atomic E-state index is -3.61. The third-order valence-electron chi connectivity index (χ3n) is 3.66. The van der Waals surface area contributed by atoms with E-state index in [1.165, 1.54) is 22.6 Å². The van der Waals surface area contributed by atoms with Gasteiger partial charge in [-0.15, -0.1) is 0 Å². The maximum Gasteiger partial charge on any atom is 0.264 e. The van der Waals surface area contributed by atoms with Gasteiger partial charge in [-0.05, 0) is 37.0 Å². The van der Waals surface area contributed by atoms with Crippen LogP contribution in [0.3, 0.4) is 0 Å². The van der Waals surface area contributed by atoms with E-state index in [-0.39, 0.29) is 10.7 Å². The van der Waals surface area contributed by atoms with Crippen LogP contribution in [0.2, 0.25) is 0 Å². The van der Waals surface area contributed by atoms with E-state index in [0.29, 0.717) is 6.54 Å². The van der Waals surface area contributed by atoms with Crippen molar-refractivity contribution in [3.05, 3.63) is 48.2 Å². The highest BCUT2D eigenvalue weighted by Crippen LogP contribution is 2.31. The minimum absolute atomic E-state index is 0.187. The van der Waals surface area contributed by atoms with E-state index in [1.54, 1.807) is 0 Å². The van der Waals surface area contributed by atoms with Crippen molar-refractivity contribution in [2.75, 3.05) is 16.6 Å². The molecule has 0 aliphatic carbocycles. The first-order chi connectivity index (χ1) is 10.1. The number of para-hydroxylation sites is 1. The van der Waals surface area contributed by atoms with Crippen LogP contribution in [0.25, 0.3) is 0 Å². The molecule has 0 radical (unpaired) electrons. The van der Waals surface area contributed by atoms with Crippen LogP contribution in [-0.4, -0.2) is 19.9 Å². The van der Waals surface area contributed by atoms with Crippen LogP contribution < -0.4 is 10.0 Å². The molecule has 3 rings (SSSR count). The van der Waals surface area contributed by atoms with Crippen LogP contribution in [0.5, 0.6) is 0 Å². The van der Waals surface area contributed by atoms with Gasteiger partial charge < -0.3 is 5.73 Å². The number of sulfonamides is 1. The second-order valence-electron chi connectivity index (χ2n) is 5.08. The summed E-state index contributed by atoms with van der Waals surface area (Å²) in [6.07, 6.45) is 4.16. The first-order valence-corrected chi connectivity index (χ1v) is 8.35. The van der Waals surface area contributed by atoms with Gasteiger partial charge in [0, 0.05) is 18.8 Å². The van der Waals surface area contributed by atoms with Crippen molar-refractivity contribution in [3.8, 4) is 0 Å². The molecule has 2 heterocycles. The summed E-state index contributed by atoms with van der Waals surface area (Å²) in [5.41, 5.74) is 7.46. The standard InChI is InChI=1S/C15H17N3O2S/c16-15-11-13(8-9-17-15)21(19,20)18-10-4-3-6-12-5-1-2-7-14(12)18/h1-2,5,7-9,11H,3-4,6,10H2,(H2,16,17). The predicted octanol–water partition coefficient (Wildman–Crippen LogP) is 2.20. The molecular formula is C15H17N3O2S. The number of pyridine rings is 1. The zero-order valence-electron chi connectivity index (χ0n) is 11.6. The Balaban J connectivity index is 2.11. The number of hydrogen-bond donors (Lipinski definition) is 1. The van der Waals surface area contributed by atoms with Gasteiger partial charge >= 0.3 is 0 Å². The first kappa shape index (κ1) is 13.9. The van der Waals surface area contributed by atoms with Gasteiger partial charge in [0.25, 0.3) is 10.0 Å². The van der Waals surface area contributed by atoms with Crippen LogP contribution >= 0.6 is 0 Å². The fourth-order valence-corrected chi connectivity index (χ4v) is 4.19. The van der Waals surface area contributed by atoms with Gasteiger partial charge in [0.05, 0.1) is 10.6 Å². The lowest BCUT2D eigenvalue weighted by Crippen LogP contribution is -2.32. The average molecular weight is 303 g/mol. The number of nitrogens with two attached hydrogens (primary N) is 1. The Labute approximate surface area is 124 Å². The summed E-state index contributed by atoms with van der Waals surface area (Å²) in [5, 5.41) is 0. The van der Waals surface area contributed by atoms with Gasteiger partial charge in [0.15, 0.2) is 0 Å². The molecule has 1 aliphatic rings. The second-order valence-corrected chi connectivity index (χ2v) is 6.94. The molecule has 110 valence electrons. The van der Waals surface area contributed by atoms with Crippen molar-refractivity contribution in [1.82, 2.24) is 4.98 Å². The maximum absolute atomic E-state index is 12.9. The molecule has 1 aromatic heterocycles. The zero-order chi connectivity index (χ0) is 14.9. The summed E-state index contributed by atoms with van der Waals surface area (Å²) in [4.78, 5) is 4.04. The van der Waals surface area contributed by atoms with Gasteiger partial charge in [-0.3, -0.25) is 4.31 Å². The molecule has 1 aliphatic heterocycles. The fourth-order valence-electron chi connectivity index (χ4n) is 2.62. The Morgan fingerprint density at radius 2 is 1.95 bits per heavy atom. The number of rotatable bonds is 2. The molecule has 0 atom stereocenters. The molecule has 0 bridgehead atoms. The molecule has 0 unspecified atom stereocenters. The molecule has 0 saturated carbocycles. The summed E-state index contributed by atoms with van der Waals surface area (Å²) in [7, 11) is -3.61. The number of aromatic nitrogens is 1. The van der Waals surface area contributed by atoms with Gasteiger partial charge in [-0.2, -0.15) is 0 Å². The fraction of sp³-hybridized carbons (Fsp3) is 0.267. The van der Waals surface area contributed by atoms with Gasteiger partial charge in [-0.25, -0.2) is 13.4 Å².